The Bertz CT molecular complexity index is 362. The highest BCUT2D eigenvalue weighted by Gasteiger charge is 2.20. The Morgan fingerprint density at radius 2 is 2.12 bits per heavy atom. The van der Waals surface area contributed by atoms with Crippen molar-refractivity contribution in [2.24, 2.45) is 5.92 Å². The van der Waals surface area contributed by atoms with Gasteiger partial charge in [-0.15, -0.1) is 0 Å². The van der Waals surface area contributed by atoms with E-state index >= 15 is 0 Å². The van der Waals surface area contributed by atoms with Crippen molar-refractivity contribution in [1.82, 2.24) is 0 Å². The molecule has 2 unspecified atom stereocenters. The summed E-state index contributed by atoms with van der Waals surface area (Å²) in [4.78, 5) is 0. The van der Waals surface area contributed by atoms with Crippen LogP contribution in [-0.2, 0) is 0 Å². The molecular formula is C14H21NO. The van der Waals surface area contributed by atoms with Crippen LogP contribution in [0.25, 0.3) is 0 Å². The summed E-state index contributed by atoms with van der Waals surface area (Å²) in [5.41, 5.74) is 7.90. The van der Waals surface area contributed by atoms with Gasteiger partial charge in [0, 0.05) is 0 Å². The molecule has 0 radical (unpaired) electrons. The minimum Gasteiger partial charge on any atom is -0.488 e. The van der Waals surface area contributed by atoms with Crippen molar-refractivity contribution in [2.45, 2.75) is 45.6 Å². The van der Waals surface area contributed by atoms with Crippen molar-refractivity contribution in [3.05, 3.63) is 23.8 Å². The lowest BCUT2D eigenvalue weighted by Gasteiger charge is -2.28. The van der Waals surface area contributed by atoms with Gasteiger partial charge in [-0.1, -0.05) is 25.5 Å². The third-order valence-electron chi connectivity index (χ3n) is 3.47. The maximum Gasteiger partial charge on any atom is 0.142 e. The van der Waals surface area contributed by atoms with Crippen LogP contribution >= 0.6 is 0 Å². The molecule has 0 spiro atoms. The van der Waals surface area contributed by atoms with E-state index < -0.39 is 0 Å². The summed E-state index contributed by atoms with van der Waals surface area (Å²) in [7, 11) is 0. The maximum atomic E-state index is 6.01. The van der Waals surface area contributed by atoms with Crippen LogP contribution in [0.15, 0.2) is 18.2 Å². The number of para-hydroxylation sites is 1. The van der Waals surface area contributed by atoms with Gasteiger partial charge in [0.15, 0.2) is 0 Å². The molecule has 1 fully saturated rings. The molecule has 2 heteroatoms. The molecule has 0 aromatic heterocycles. The van der Waals surface area contributed by atoms with Gasteiger partial charge in [0.1, 0.15) is 5.75 Å². The average Bonchev–Trinajstić information content (AvgIpc) is 2.25. The first kappa shape index (κ1) is 11.3. The molecule has 1 aromatic carbocycles. The lowest BCUT2D eigenvalue weighted by atomic mass is 9.89. The van der Waals surface area contributed by atoms with E-state index in [-0.39, 0.29) is 0 Å². The monoisotopic (exact) mass is 219 g/mol. The molecule has 0 amide bonds. The highest BCUT2D eigenvalue weighted by Crippen LogP contribution is 2.31. The minimum atomic E-state index is 0.354. The van der Waals surface area contributed by atoms with Crippen LogP contribution in [0.4, 0.5) is 5.69 Å². The minimum absolute atomic E-state index is 0.354. The summed E-state index contributed by atoms with van der Waals surface area (Å²) in [6.07, 6.45) is 5.29. The quantitative estimate of drug-likeness (QED) is 0.772. The van der Waals surface area contributed by atoms with Gasteiger partial charge in [-0.25, -0.2) is 0 Å². The van der Waals surface area contributed by atoms with Gasteiger partial charge in [-0.2, -0.15) is 0 Å². The van der Waals surface area contributed by atoms with Crippen LogP contribution in [0.3, 0.4) is 0 Å². The number of nitrogens with two attached hydrogens (primary N) is 1. The first-order valence-corrected chi connectivity index (χ1v) is 6.18. The molecule has 2 N–H and O–H groups in total. The Morgan fingerprint density at radius 1 is 1.31 bits per heavy atom. The van der Waals surface area contributed by atoms with Crippen molar-refractivity contribution in [2.75, 3.05) is 5.73 Å². The molecule has 2 nitrogen and oxygen atoms in total. The maximum absolute atomic E-state index is 6.01. The summed E-state index contributed by atoms with van der Waals surface area (Å²) in [6.45, 7) is 4.32. The highest BCUT2D eigenvalue weighted by atomic mass is 16.5. The number of benzene rings is 1. The highest BCUT2D eigenvalue weighted by molar-refractivity contribution is 5.57. The van der Waals surface area contributed by atoms with Crippen molar-refractivity contribution in [3.63, 3.8) is 0 Å². The second-order valence-electron chi connectivity index (χ2n) is 5.00. The molecule has 1 aliphatic rings. The van der Waals surface area contributed by atoms with Crippen LogP contribution in [0.1, 0.15) is 38.2 Å². The third-order valence-corrected chi connectivity index (χ3v) is 3.47. The summed E-state index contributed by atoms with van der Waals surface area (Å²) in [5, 5.41) is 0. The predicted octanol–water partition coefficient (Wildman–Crippen LogP) is 3.53. The largest absolute Gasteiger partial charge is 0.488 e. The van der Waals surface area contributed by atoms with Gasteiger partial charge in [-0.3, -0.25) is 0 Å². The number of anilines is 1. The molecule has 2 atom stereocenters. The van der Waals surface area contributed by atoms with Crippen LogP contribution < -0.4 is 10.5 Å². The number of hydrogen-bond donors (Lipinski definition) is 1. The van der Waals surface area contributed by atoms with E-state index in [0.717, 1.165) is 35.8 Å². The van der Waals surface area contributed by atoms with Gasteiger partial charge in [-0.05, 0) is 43.7 Å². The standard InChI is InChI=1S/C14H21NO/c1-10-5-3-7-12(9-10)16-13-8-4-6-11(2)14(13)15/h4,6,8,10,12H,3,5,7,9,15H2,1-2H3. The molecule has 0 heterocycles. The van der Waals surface area contributed by atoms with E-state index in [2.05, 4.69) is 6.92 Å². The predicted molar refractivity (Wildman–Crippen MR) is 67.6 cm³/mol. The van der Waals surface area contributed by atoms with E-state index in [1.54, 1.807) is 0 Å². The normalized spacial score (nSPS) is 25.4. The summed E-state index contributed by atoms with van der Waals surface area (Å²) in [5.74, 6) is 1.64. The van der Waals surface area contributed by atoms with Gasteiger partial charge < -0.3 is 10.5 Å². The Hall–Kier alpha value is -1.18. The zero-order valence-corrected chi connectivity index (χ0v) is 10.2. The fourth-order valence-electron chi connectivity index (χ4n) is 2.42. The summed E-state index contributed by atoms with van der Waals surface area (Å²) >= 11 is 0. The molecule has 1 saturated carbocycles. The Morgan fingerprint density at radius 3 is 2.88 bits per heavy atom. The molecule has 1 aliphatic carbocycles. The molecular weight excluding hydrogens is 198 g/mol. The number of ether oxygens (including phenoxy) is 1. The lowest BCUT2D eigenvalue weighted by Crippen LogP contribution is -2.24. The SMILES string of the molecule is Cc1cccc(OC2CCCC(C)C2)c1N. The van der Waals surface area contributed by atoms with Gasteiger partial charge >= 0.3 is 0 Å². The molecule has 2 rings (SSSR count). The van der Waals surface area contributed by atoms with Gasteiger partial charge in [0.2, 0.25) is 0 Å². The molecule has 1 aromatic rings. The van der Waals surface area contributed by atoms with Crippen molar-refractivity contribution >= 4 is 5.69 Å². The topological polar surface area (TPSA) is 35.2 Å². The molecule has 0 saturated heterocycles. The molecule has 16 heavy (non-hydrogen) atoms. The van der Waals surface area contributed by atoms with Crippen molar-refractivity contribution in [3.8, 4) is 5.75 Å². The third kappa shape index (κ3) is 2.49. The molecule has 88 valence electrons. The second-order valence-corrected chi connectivity index (χ2v) is 5.00. The van der Waals surface area contributed by atoms with Crippen molar-refractivity contribution < 1.29 is 4.74 Å². The fraction of sp³-hybridized carbons (Fsp3) is 0.571. The first-order chi connectivity index (χ1) is 7.66. The van der Waals surface area contributed by atoms with Crippen LogP contribution in [0.5, 0.6) is 5.75 Å². The van der Waals surface area contributed by atoms with Crippen LogP contribution in [0.2, 0.25) is 0 Å². The molecule has 0 aliphatic heterocycles. The van der Waals surface area contributed by atoms with E-state index in [4.69, 9.17) is 10.5 Å². The number of nitrogen functional groups attached to an aromatic ring is 1. The van der Waals surface area contributed by atoms with Crippen LogP contribution in [0, 0.1) is 12.8 Å². The summed E-state index contributed by atoms with van der Waals surface area (Å²) in [6, 6.07) is 6.00. The van der Waals surface area contributed by atoms with Gasteiger partial charge in [0.05, 0.1) is 11.8 Å². The number of hydrogen-bond acceptors (Lipinski definition) is 2. The van der Waals surface area contributed by atoms with E-state index in [1.807, 2.05) is 25.1 Å². The summed E-state index contributed by atoms with van der Waals surface area (Å²) < 4.78 is 6.01. The fourth-order valence-corrected chi connectivity index (χ4v) is 2.42. The van der Waals surface area contributed by atoms with E-state index in [9.17, 15) is 0 Å². The second kappa shape index (κ2) is 4.77. The zero-order chi connectivity index (χ0) is 11.5. The number of rotatable bonds is 2. The number of aryl methyl sites for hydroxylation is 1. The molecule has 0 bridgehead atoms. The van der Waals surface area contributed by atoms with E-state index in [1.165, 1.54) is 12.8 Å². The van der Waals surface area contributed by atoms with E-state index in [0.29, 0.717) is 6.10 Å². The Labute approximate surface area is 97.8 Å². The Balaban J connectivity index is 2.05. The van der Waals surface area contributed by atoms with Crippen LogP contribution in [-0.4, -0.2) is 6.10 Å². The Kier molecular flexibility index (Phi) is 3.37. The van der Waals surface area contributed by atoms with Crippen molar-refractivity contribution in [1.29, 1.82) is 0 Å². The lowest BCUT2D eigenvalue weighted by molar-refractivity contribution is 0.130. The first-order valence-electron chi connectivity index (χ1n) is 6.18. The van der Waals surface area contributed by atoms with Gasteiger partial charge in [0.25, 0.3) is 0 Å². The average molecular weight is 219 g/mol. The smallest absolute Gasteiger partial charge is 0.142 e. The zero-order valence-electron chi connectivity index (χ0n) is 10.2.